The smallest absolute Gasteiger partial charge is 0.166 e. The van der Waals surface area contributed by atoms with E-state index >= 15 is 0 Å². The van der Waals surface area contributed by atoms with Crippen LogP contribution < -0.4 is 17.4 Å². The number of halogens is 1. The highest BCUT2D eigenvalue weighted by molar-refractivity contribution is 4.82. The van der Waals surface area contributed by atoms with E-state index < -0.39 is 0 Å². The third-order valence-corrected chi connectivity index (χ3v) is 0.607. The highest BCUT2D eigenvalue weighted by Gasteiger charge is 1.65. The molecular weight excluding hydrogens is 122 g/mol. The van der Waals surface area contributed by atoms with Crippen LogP contribution in [-0.2, 0) is 0 Å². The minimum absolute atomic E-state index is 0. The molecule has 1 aromatic rings. The van der Waals surface area contributed by atoms with Crippen molar-refractivity contribution < 1.29 is 17.4 Å². The molecule has 1 N–H and O–H groups in total. The van der Waals surface area contributed by atoms with E-state index in [1.54, 1.807) is 0 Å². The van der Waals surface area contributed by atoms with Gasteiger partial charge in [-0.15, -0.1) is 0 Å². The van der Waals surface area contributed by atoms with Crippen molar-refractivity contribution in [3.05, 3.63) is 30.6 Å². The zero-order valence-corrected chi connectivity index (χ0v) is 4.52. The van der Waals surface area contributed by atoms with Gasteiger partial charge in [-0.05, 0) is 0 Å². The molecule has 0 aromatic carbocycles. The first-order chi connectivity index (χ1) is 3.00. The van der Waals surface area contributed by atoms with Gasteiger partial charge in [0, 0.05) is 12.1 Å². The van der Waals surface area contributed by atoms with Gasteiger partial charge in [0.1, 0.15) is 0 Å². The van der Waals surface area contributed by atoms with E-state index in [2.05, 4.69) is 4.98 Å². The molecule has 0 amide bonds. The summed E-state index contributed by atoms with van der Waals surface area (Å²) in [7, 11) is 0. The fourth-order valence-corrected chi connectivity index (χ4v) is 0.342. The van der Waals surface area contributed by atoms with Crippen LogP contribution in [0, 0.1) is 0 Å². The second kappa shape index (κ2) is 6.44. The van der Waals surface area contributed by atoms with Crippen molar-refractivity contribution >= 4 is 0 Å². The average molecular weight is 132 g/mol. The van der Waals surface area contributed by atoms with Crippen LogP contribution in [0.4, 0.5) is 0 Å². The highest BCUT2D eigenvalue weighted by Crippen LogP contribution is 1.68. The Bertz CT molecular complexity index is 80.5. The van der Waals surface area contributed by atoms with Gasteiger partial charge in [0.15, 0.2) is 12.4 Å². The van der Waals surface area contributed by atoms with Crippen molar-refractivity contribution in [3.8, 4) is 0 Å². The second-order valence-corrected chi connectivity index (χ2v) is 1.08. The summed E-state index contributed by atoms with van der Waals surface area (Å²) in [5.41, 5.74) is 0. The summed E-state index contributed by atoms with van der Waals surface area (Å²) < 4.78 is 0. The van der Waals surface area contributed by atoms with Crippen LogP contribution >= 0.6 is 0 Å². The van der Waals surface area contributed by atoms with Crippen LogP contribution in [0.5, 0.6) is 0 Å². The van der Waals surface area contributed by atoms with Crippen LogP contribution in [0.25, 0.3) is 0 Å². The van der Waals surface area contributed by atoms with Gasteiger partial charge in [-0.25, -0.2) is 4.98 Å². The van der Waals surface area contributed by atoms with Gasteiger partial charge in [-0.3, -0.25) is 0 Å². The minimum atomic E-state index is 0. The van der Waals surface area contributed by atoms with Crippen molar-refractivity contribution in [1.29, 1.82) is 0 Å². The lowest BCUT2D eigenvalue weighted by Gasteiger charge is -1.63. The van der Waals surface area contributed by atoms with E-state index in [0.29, 0.717) is 0 Å². The molecule has 0 bridgehead atoms. The quantitative estimate of drug-likeness (QED) is 0.392. The predicted molar refractivity (Wildman–Crippen MR) is 29.7 cm³/mol. The Kier molecular flexibility index (Phi) is 8.39. The maximum absolute atomic E-state index is 2.89. The molecule has 0 atom stereocenters. The van der Waals surface area contributed by atoms with Crippen molar-refractivity contribution in [3.63, 3.8) is 0 Å². The Morgan fingerprint density at radius 3 is 1.50 bits per heavy atom. The van der Waals surface area contributed by atoms with E-state index in [0.717, 1.165) is 0 Å². The number of aromatic nitrogens is 1. The summed E-state index contributed by atoms with van der Waals surface area (Å²) in [5, 5.41) is 0. The predicted octanol–water partition coefficient (Wildman–Crippen LogP) is -1.86. The monoisotopic (exact) mass is 131 g/mol. The first-order valence-corrected chi connectivity index (χ1v) is 1.91. The van der Waals surface area contributed by atoms with Crippen LogP contribution in [0.1, 0.15) is 7.43 Å². The Balaban J connectivity index is 0. The summed E-state index contributed by atoms with van der Waals surface area (Å²) in [6.45, 7) is 0. The Morgan fingerprint density at radius 2 is 1.38 bits per heavy atom. The number of aromatic amines is 1. The molecule has 0 aliphatic rings. The van der Waals surface area contributed by atoms with Crippen LogP contribution in [0.15, 0.2) is 30.6 Å². The fourth-order valence-electron chi connectivity index (χ4n) is 0.342. The molecule has 0 unspecified atom stereocenters. The number of H-pyrrole nitrogens is 1. The van der Waals surface area contributed by atoms with Gasteiger partial charge in [-0.2, -0.15) is 0 Å². The zero-order valence-electron chi connectivity index (χ0n) is 3.76. The van der Waals surface area contributed by atoms with Gasteiger partial charge in [0.2, 0.25) is 0 Å². The molecule has 0 saturated carbocycles. The number of nitrogens with one attached hydrogen (secondary N) is 1. The highest BCUT2D eigenvalue weighted by atomic mass is 35.5. The van der Waals surface area contributed by atoms with E-state index in [4.69, 9.17) is 0 Å². The van der Waals surface area contributed by atoms with Gasteiger partial charge < -0.3 is 12.4 Å². The molecule has 8 heavy (non-hydrogen) atoms. The standard InChI is InChI=1S/C5H5N.CH4.ClH/c1-2-4-6-5-3-1;;/h1-5H;1H4;1H. The minimum Gasteiger partial charge on any atom is -1.00 e. The molecule has 2 heteroatoms. The van der Waals surface area contributed by atoms with Crippen LogP contribution in [0.3, 0.4) is 0 Å². The molecule has 0 aliphatic carbocycles. The molecule has 0 aliphatic heterocycles. The SMILES string of the molecule is C.[Cl-].c1cc[nH+]cc1. The third kappa shape index (κ3) is 3.62. The molecule has 1 heterocycles. The summed E-state index contributed by atoms with van der Waals surface area (Å²) >= 11 is 0. The third-order valence-electron chi connectivity index (χ3n) is 0.607. The number of rotatable bonds is 0. The maximum atomic E-state index is 2.89. The summed E-state index contributed by atoms with van der Waals surface area (Å²) in [4.78, 5) is 2.89. The Hall–Kier alpha value is -0.560. The van der Waals surface area contributed by atoms with Gasteiger partial charge in [0.05, 0.1) is 0 Å². The second-order valence-electron chi connectivity index (χ2n) is 1.08. The lowest BCUT2D eigenvalue weighted by molar-refractivity contribution is -0.377. The summed E-state index contributed by atoms with van der Waals surface area (Å²) in [6, 6.07) is 5.86. The van der Waals surface area contributed by atoms with Crippen LogP contribution in [-0.4, -0.2) is 0 Å². The molecule has 46 valence electrons. The maximum Gasteiger partial charge on any atom is 0.166 e. The molecule has 0 saturated heterocycles. The normalized spacial score (nSPS) is 6.00. The lowest BCUT2D eigenvalue weighted by Crippen LogP contribution is -3.00. The fraction of sp³-hybridized carbons (Fsp3) is 0.167. The van der Waals surface area contributed by atoms with Gasteiger partial charge in [0.25, 0.3) is 0 Å². The topological polar surface area (TPSA) is 14.1 Å². The van der Waals surface area contributed by atoms with Crippen molar-refractivity contribution in [2.24, 2.45) is 0 Å². The van der Waals surface area contributed by atoms with Crippen LogP contribution in [0.2, 0.25) is 0 Å². The van der Waals surface area contributed by atoms with Crippen molar-refractivity contribution in [2.45, 2.75) is 7.43 Å². The molecule has 0 spiro atoms. The van der Waals surface area contributed by atoms with Gasteiger partial charge in [-0.1, -0.05) is 13.5 Å². The lowest BCUT2D eigenvalue weighted by atomic mass is 10.5. The summed E-state index contributed by atoms with van der Waals surface area (Å²) in [5.74, 6) is 0. The van der Waals surface area contributed by atoms with Crippen molar-refractivity contribution in [1.82, 2.24) is 0 Å². The molecular formula is C6H10ClN. The summed E-state index contributed by atoms with van der Waals surface area (Å²) in [6.07, 6.45) is 3.75. The average Bonchev–Trinajstić information content (AvgIpc) is 1.72. The Morgan fingerprint density at radius 1 is 0.875 bits per heavy atom. The number of hydrogen-bond donors (Lipinski definition) is 0. The molecule has 1 nitrogen and oxygen atoms in total. The number of pyridine rings is 1. The molecule has 0 radical (unpaired) electrons. The molecule has 0 fully saturated rings. The Labute approximate surface area is 56.2 Å². The van der Waals surface area contributed by atoms with E-state index in [1.165, 1.54) is 0 Å². The van der Waals surface area contributed by atoms with Crippen molar-refractivity contribution in [2.75, 3.05) is 0 Å². The first kappa shape index (κ1) is 10.4. The van der Waals surface area contributed by atoms with E-state index in [9.17, 15) is 0 Å². The zero-order chi connectivity index (χ0) is 4.24. The van der Waals surface area contributed by atoms with E-state index in [-0.39, 0.29) is 19.8 Å². The number of hydrogen-bond acceptors (Lipinski definition) is 0. The van der Waals surface area contributed by atoms with E-state index in [1.807, 2.05) is 30.6 Å². The largest absolute Gasteiger partial charge is 1.00 e. The molecule has 1 rings (SSSR count). The first-order valence-electron chi connectivity index (χ1n) is 1.91. The van der Waals surface area contributed by atoms with Gasteiger partial charge >= 0.3 is 0 Å². The molecule has 1 aromatic heterocycles.